The molecule has 0 spiro atoms. The first-order valence-electron chi connectivity index (χ1n) is 13.0. The quantitative estimate of drug-likeness (QED) is 0.207. The van der Waals surface area contributed by atoms with E-state index in [0.717, 1.165) is 69.0 Å². The van der Waals surface area contributed by atoms with Gasteiger partial charge in [-0.2, -0.15) is 0 Å². The standard InChI is InChI=1S/C28H38N4O4/c1-4-5-8-14-25(30-20(3)34)32(18-10-7-6-9-17-29-19(2)33)24-16-15-23-26-21(24)12-11-13-22(26)27(35)31-28(23)36/h11-13,15-16,25H,4-10,14,17-18H2,1-3H3,(H,29,33)(H,30,34)(H,31,35,36). The van der Waals surface area contributed by atoms with Gasteiger partial charge in [0.05, 0.1) is 0 Å². The van der Waals surface area contributed by atoms with E-state index in [4.69, 9.17) is 0 Å². The molecule has 1 unspecified atom stereocenters. The minimum absolute atomic E-state index is 0.0126. The lowest BCUT2D eigenvalue weighted by molar-refractivity contribution is -0.120. The first-order chi connectivity index (χ1) is 17.3. The Hall–Kier alpha value is -3.42. The molecule has 3 rings (SSSR count). The highest BCUT2D eigenvalue weighted by Gasteiger charge is 2.28. The van der Waals surface area contributed by atoms with Gasteiger partial charge >= 0.3 is 0 Å². The molecule has 8 nitrogen and oxygen atoms in total. The maximum Gasteiger partial charge on any atom is 0.258 e. The fourth-order valence-electron chi connectivity index (χ4n) is 4.86. The molecular formula is C28H38N4O4. The van der Waals surface area contributed by atoms with Crippen molar-refractivity contribution in [2.24, 2.45) is 0 Å². The summed E-state index contributed by atoms with van der Waals surface area (Å²) in [5.74, 6) is -0.875. The van der Waals surface area contributed by atoms with Crippen LogP contribution >= 0.6 is 0 Å². The molecule has 4 amide bonds. The van der Waals surface area contributed by atoms with E-state index in [9.17, 15) is 19.2 Å². The summed E-state index contributed by atoms with van der Waals surface area (Å²) in [6, 6.07) is 9.23. The molecule has 2 aromatic rings. The van der Waals surface area contributed by atoms with Crippen LogP contribution in [-0.4, -0.2) is 42.9 Å². The number of nitrogens with zero attached hydrogens (tertiary/aromatic N) is 1. The molecule has 8 heteroatoms. The molecular weight excluding hydrogens is 456 g/mol. The molecule has 1 heterocycles. The van der Waals surface area contributed by atoms with Crippen LogP contribution in [0.3, 0.4) is 0 Å². The van der Waals surface area contributed by atoms with Gasteiger partial charge in [0.2, 0.25) is 11.8 Å². The summed E-state index contributed by atoms with van der Waals surface area (Å²) in [6.45, 7) is 6.61. The normalized spacial score (nSPS) is 13.3. The van der Waals surface area contributed by atoms with Crippen LogP contribution in [0.2, 0.25) is 0 Å². The van der Waals surface area contributed by atoms with Crippen molar-refractivity contribution in [1.29, 1.82) is 0 Å². The predicted molar refractivity (Wildman–Crippen MR) is 142 cm³/mol. The fraction of sp³-hybridized carbons (Fsp3) is 0.500. The van der Waals surface area contributed by atoms with Gasteiger partial charge in [0.15, 0.2) is 0 Å². The Morgan fingerprint density at radius 1 is 0.889 bits per heavy atom. The lowest BCUT2D eigenvalue weighted by Gasteiger charge is -2.36. The summed E-state index contributed by atoms with van der Waals surface area (Å²) >= 11 is 0. The first-order valence-corrected chi connectivity index (χ1v) is 13.0. The van der Waals surface area contributed by atoms with Crippen molar-refractivity contribution in [3.8, 4) is 0 Å². The summed E-state index contributed by atoms with van der Waals surface area (Å²) < 4.78 is 0. The molecule has 194 valence electrons. The van der Waals surface area contributed by atoms with E-state index in [1.165, 1.54) is 13.8 Å². The van der Waals surface area contributed by atoms with Crippen LogP contribution in [0.4, 0.5) is 5.69 Å². The third-order valence-corrected chi connectivity index (χ3v) is 6.57. The lowest BCUT2D eigenvalue weighted by Crippen LogP contribution is -2.48. The molecule has 0 saturated heterocycles. The molecule has 36 heavy (non-hydrogen) atoms. The van der Waals surface area contributed by atoms with Gasteiger partial charge in [-0.25, -0.2) is 0 Å². The van der Waals surface area contributed by atoms with Crippen LogP contribution in [0.25, 0.3) is 10.8 Å². The van der Waals surface area contributed by atoms with E-state index in [-0.39, 0.29) is 29.8 Å². The van der Waals surface area contributed by atoms with Crippen molar-refractivity contribution in [2.45, 2.75) is 78.3 Å². The van der Waals surface area contributed by atoms with Crippen LogP contribution in [0.15, 0.2) is 30.3 Å². The maximum absolute atomic E-state index is 12.5. The Morgan fingerprint density at radius 2 is 1.61 bits per heavy atom. The van der Waals surface area contributed by atoms with Crippen molar-refractivity contribution in [2.75, 3.05) is 18.0 Å². The van der Waals surface area contributed by atoms with E-state index >= 15 is 0 Å². The highest BCUT2D eigenvalue weighted by molar-refractivity contribution is 6.26. The molecule has 0 saturated carbocycles. The van der Waals surface area contributed by atoms with Gasteiger partial charge in [0.1, 0.15) is 6.17 Å². The van der Waals surface area contributed by atoms with E-state index in [1.807, 2.05) is 18.2 Å². The predicted octanol–water partition coefficient (Wildman–Crippen LogP) is 4.27. The van der Waals surface area contributed by atoms with Crippen molar-refractivity contribution >= 4 is 40.1 Å². The highest BCUT2D eigenvalue weighted by atomic mass is 16.2. The van der Waals surface area contributed by atoms with E-state index in [0.29, 0.717) is 23.1 Å². The number of carbonyl (C=O) groups is 4. The molecule has 0 aromatic heterocycles. The van der Waals surface area contributed by atoms with Crippen molar-refractivity contribution in [3.05, 3.63) is 41.5 Å². The van der Waals surface area contributed by atoms with Gasteiger partial charge in [-0.1, -0.05) is 44.7 Å². The number of amides is 4. The van der Waals surface area contributed by atoms with Crippen LogP contribution in [0.5, 0.6) is 0 Å². The van der Waals surface area contributed by atoms with Gasteiger partial charge in [0.25, 0.3) is 11.8 Å². The zero-order chi connectivity index (χ0) is 26.1. The summed E-state index contributed by atoms with van der Waals surface area (Å²) in [5, 5.41) is 9.90. The highest BCUT2D eigenvalue weighted by Crippen LogP contribution is 2.35. The summed E-state index contributed by atoms with van der Waals surface area (Å²) in [6.07, 6.45) is 7.56. The van der Waals surface area contributed by atoms with Crippen LogP contribution < -0.4 is 20.9 Å². The van der Waals surface area contributed by atoms with Gasteiger partial charge in [-0.3, -0.25) is 24.5 Å². The molecule has 0 aliphatic carbocycles. The second-order valence-electron chi connectivity index (χ2n) is 9.45. The fourth-order valence-corrected chi connectivity index (χ4v) is 4.86. The van der Waals surface area contributed by atoms with Gasteiger partial charge in [-0.05, 0) is 43.9 Å². The van der Waals surface area contributed by atoms with Crippen molar-refractivity contribution in [3.63, 3.8) is 0 Å². The van der Waals surface area contributed by atoms with E-state index in [2.05, 4.69) is 27.8 Å². The molecule has 0 radical (unpaired) electrons. The van der Waals surface area contributed by atoms with Crippen molar-refractivity contribution < 1.29 is 19.2 Å². The number of hydrogen-bond acceptors (Lipinski definition) is 5. The van der Waals surface area contributed by atoms with Crippen LogP contribution in [0, 0.1) is 0 Å². The number of imide groups is 1. The van der Waals surface area contributed by atoms with E-state index in [1.54, 1.807) is 12.1 Å². The molecule has 3 N–H and O–H groups in total. The average molecular weight is 495 g/mol. The average Bonchev–Trinajstić information content (AvgIpc) is 2.83. The molecule has 1 aliphatic rings. The summed E-state index contributed by atoms with van der Waals surface area (Å²) in [4.78, 5) is 50.5. The summed E-state index contributed by atoms with van der Waals surface area (Å²) in [7, 11) is 0. The number of rotatable bonds is 14. The third-order valence-electron chi connectivity index (χ3n) is 6.57. The smallest absolute Gasteiger partial charge is 0.258 e. The van der Waals surface area contributed by atoms with Crippen molar-refractivity contribution in [1.82, 2.24) is 16.0 Å². The Morgan fingerprint density at radius 3 is 2.31 bits per heavy atom. The maximum atomic E-state index is 12.5. The number of nitrogens with one attached hydrogen (secondary N) is 3. The van der Waals surface area contributed by atoms with Gasteiger partial charge in [-0.15, -0.1) is 0 Å². The third kappa shape index (κ3) is 6.83. The second kappa shape index (κ2) is 13.0. The van der Waals surface area contributed by atoms with E-state index < -0.39 is 0 Å². The minimum Gasteiger partial charge on any atom is -0.356 e. The second-order valence-corrected chi connectivity index (χ2v) is 9.45. The molecule has 0 bridgehead atoms. The number of carbonyl (C=O) groups excluding carboxylic acids is 4. The number of hydrogen-bond donors (Lipinski definition) is 3. The first kappa shape index (κ1) is 27.2. The Balaban J connectivity index is 1.91. The molecule has 1 atom stereocenters. The largest absolute Gasteiger partial charge is 0.356 e. The molecule has 2 aromatic carbocycles. The SMILES string of the molecule is CCCCCC(NC(C)=O)N(CCCCCCNC(C)=O)c1ccc2c3c(cccc13)C(=O)NC2=O. The Labute approximate surface area is 213 Å². The molecule has 0 fully saturated rings. The minimum atomic E-state index is -0.387. The summed E-state index contributed by atoms with van der Waals surface area (Å²) in [5.41, 5.74) is 1.89. The Kier molecular flexibility index (Phi) is 9.85. The molecule has 1 aliphatic heterocycles. The van der Waals surface area contributed by atoms with Gasteiger partial charge in [0, 0.05) is 54.5 Å². The van der Waals surface area contributed by atoms with Gasteiger partial charge < -0.3 is 15.5 Å². The number of benzene rings is 2. The number of anilines is 1. The monoisotopic (exact) mass is 494 g/mol. The van der Waals surface area contributed by atoms with Crippen LogP contribution in [0.1, 0.15) is 92.9 Å². The lowest BCUT2D eigenvalue weighted by atomic mass is 9.93. The van der Waals surface area contributed by atoms with Crippen LogP contribution in [-0.2, 0) is 9.59 Å². The zero-order valence-electron chi connectivity index (χ0n) is 21.6. The number of unbranched alkanes of at least 4 members (excludes halogenated alkanes) is 5. The topological polar surface area (TPSA) is 108 Å². The Bertz CT molecular complexity index is 1090. The zero-order valence-corrected chi connectivity index (χ0v) is 21.6.